The first-order valence-corrected chi connectivity index (χ1v) is 13.3. The van der Waals surface area contributed by atoms with Gasteiger partial charge < -0.3 is 10.1 Å². The van der Waals surface area contributed by atoms with Crippen LogP contribution in [0.3, 0.4) is 0 Å². The average molecular weight is 495 g/mol. The zero-order valence-corrected chi connectivity index (χ0v) is 21.6. The predicted octanol–water partition coefficient (Wildman–Crippen LogP) is 5.36. The van der Waals surface area contributed by atoms with Crippen LogP contribution in [0, 0.1) is 5.92 Å². The van der Waals surface area contributed by atoms with Gasteiger partial charge in [-0.05, 0) is 66.3 Å². The minimum Gasteiger partial charge on any atom is -0.497 e. The van der Waals surface area contributed by atoms with E-state index in [2.05, 4.69) is 19.2 Å². The van der Waals surface area contributed by atoms with Gasteiger partial charge in [-0.15, -0.1) is 0 Å². The van der Waals surface area contributed by atoms with E-state index in [-0.39, 0.29) is 23.4 Å². The number of carbonyl (C=O) groups is 1. The predicted molar refractivity (Wildman–Crippen MR) is 140 cm³/mol. The molecule has 0 fully saturated rings. The second-order valence-corrected chi connectivity index (χ2v) is 10.7. The van der Waals surface area contributed by atoms with E-state index < -0.39 is 10.0 Å². The van der Waals surface area contributed by atoms with E-state index in [1.54, 1.807) is 49.6 Å². The summed E-state index contributed by atoms with van der Waals surface area (Å²) in [7, 11) is -2.34. The first kappa shape index (κ1) is 26.3. The van der Waals surface area contributed by atoms with E-state index in [1.807, 2.05) is 43.3 Å². The van der Waals surface area contributed by atoms with Crippen molar-refractivity contribution >= 4 is 21.6 Å². The number of hydrogen-bond donors (Lipinski definition) is 1. The molecule has 0 aliphatic carbocycles. The van der Waals surface area contributed by atoms with Gasteiger partial charge >= 0.3 is 0 Å². The highest BCUT2D eigenvalue weighted by atomic mass is 32.2. The zero-order chi connectivity index (χ0) is 25.4. The molecule has 186 valence electrons. The van der Waals surface area contributed by atoms with Crippen molar-refractivity contribution in [3.8, 4) is 5.75 Å². The Morgan fingerprint density at radius 3 is 2.11 bits per heavy atom. The Bertz CT molecular complexity index is 1190. The van der Waals surface area contributed by atoms with Crippen LogP contribution in [0.1, 0.15) is 44.4 Å². The van der Waals surface area contributed by atoms with Gasteiger partial charge in [-0.3, -0.25) is 9.10 Å². The third-order valence-electron chi connectivity index (χ3n) is 5.81. The van der Waals surface area contributed by atoms with Crippen molar-refractivity contribution in [1.82, 2.24) is 5.32 Å². The van der Waals surface area contributed by atoms with Crippen LogP contribution in [0.25, 0.3) is 0 Å². The van der Waals surface area contributed by atoms with Crippen molar-refractivity contribution < 1.29 is 17.9 Å². The molecule has 1 N–H and O–H groups in total. The van der Waals surface area contributed by atoms with Gasteiger partial charge in [0.2, 0.25) is 5.91 Å². The molecule has 0 spiro atoms. The maximum absolute atomic E-state index is 13.6. The van der Waals surface area contributed by atoms with Crippen LogP contribution in [-0.2, 0) is 21.2 Å². The maximum atomic E-state index is 13.6. The Kier molecular flexibility index (Phi) is 8.93. The van der Waals surface area contributed by atoms with Crippen molar-refractivity contribution in [2.45, 2.75) is 44.6 Å². The number of hydrogen-bond acceptors (Lipinski definition) is 4. The molecule has 0 saturated carbocycles. The highest BCUT2D eigenvalue weighted by Crippen LogP contribution is 2.26. The average Bonchev–Trinajstić information content (AvgIpc) is 2.87. The van der Waals surface area contributed by atoms with Gasteiger partial charge in [-0.1, -0.05) is 63.2 Å². The van der Waals surface area contributed by atoms with E-state index in [4.69, 9.17) is 4.74 Å². The molecule has 0 bridgehead atoms. The molecule has 0 radical (unpaired) electrons. The summed E-state index contributed by atoms with van der Waals surface area (Å²) >= 11 is 0. The normalized spacial score (nSPS) is 12.3. The quantitative estimate of drug-likeness (QED) is 0.390. The molecule has 0 unspecified atom stereocenters. The van der Waals surface area contributed by atoms with E-state index >= 15 is 0 Å². The van der Waals surface area contributed by atoms with E-state index in [0.717, 1.165) is 23.3 Å². The lowest BCUT2D eigenvalue weighted by Gasteiger charge is -2.27. The molecule has 0 aliphatic rings. The second kappa shape index (κ2) is 11.9. The summed E-state index contributed by atoms with van der Waals surface area (Å²) in [5, 5.41) is 3.06. The third kappa shape index (κ3) is 6.85. The first-order valence-electron chi connectivity index (χ1n) is 11.8. The minimum atomic E-state index is -3.95. The molecule has 3 aromatic rings. The maximum Gasteiger partial charge on any atom is 0.264 e. The number of nitrogens with one attached hydrogen (secondary N) is 1. The minimum absolute atomic E-state index is 0.140. The van der Waals surface area contributed by atoms with Crippen LogP contribution < -0.4 is 14.4 Å². The summed E-state index contributed by atoms with van der Waals surface area (Å²) < 4.78 is 33.5. The first-order chi connectivity index (χ1) is 16.7. The van der Waals surface area contributed by atoms with Crippen LogP contribution >= 0.6 is 0 Å². The Hall–Kier alpha value is -3.32. The molecule has 1 atom stereocenters. The molecule has 0 saturated heterocycles. The molecule has 0 aliphatic heterocycles. The van der Waals surface area contributed by atoms with Crippen LogP contribution in [0.2, 0.25) is 0 Å². The second-order valence-electron chi connectivity index (χ2n) is 8.87. The van der Waals surface area contributed by atoms with Gasteiger partial charge in [-0.2, -0.15) is 0 Å². The number of benzene rings is 3. The summed E-state index contributed by atoms with van der Waals surface area (Å²) in [6.45, 7) is 5.89. The topological polar surface area (TPSA) is 75.7 Å². The van der Waals surface area contributed by atoms with Crippen molar-refractivity contribution in [2.24, 2.45) is 5.92 Å². The fourth-order valence-electron chi connectivity index (χ4n) is 3.89. The number of ether oxygens (including phenoxy) is 1. The number of nitrogens with zero attached hydrogens (tertiary/aromatic N) is 1. The van der Waals surface area contributed by atoms with Crippen LogP contribution in [0.5, 0.6) is 5.75 Å². The molecule has 7 heteroatoms. The number of sulfonamides is 1. The number of aryl methyl sites for hydroxylation is 1. The largest absolute Gasteiger partial charge is 0.497 e. The van der Waals surface area contributed by atoms with Gasteiger partial charge in [0.15, 0.2) is 0 Å². The van der Waals surface area contributed by atoms with Gasteiger partial charge in [0.1, 0.15) is 12.3 Å². The van der Waals surface area contributed by atoms with Crippen LogP contribution in [0.15, 0.2) is 83.8 Å². The fraction of sp³-hybridized carbons (Fsp3) is 0.321. The fourth-order valence-corrected chi connectivity index (χ4v) is 5.33. The Labute approximate surface area is 209 Å². The molecular weight excluding hydrogens is 460 g/mol. The van der Waals surface area contributed by atoms with Crippen LogP contribution in [-0.4, -0.2) is 28.0 Å². The molecular formula is C28H34N2O4S. The van der Waals surface area contributed by atoms with E-state index in [9.17, 15) is 13.2 Å². The van der Waals surface area contributed by atoms with Gasteiger partial charge in [0.25, 0.3) is 10.0 Å². The molecule has 35 heavy (non-hydrogen) atoms. The smallest absolute Gasteiger partial charge is 0.264 e. The lowest BCUT2D eigenvalue weighted by molar-refractivity contribution is -0.120. The summed E-state index contributed by atoms with van der Waals surface area (Å²) in [5.74, 6) is 0.692. The Balaban J connectivity index is 1.90. The lowest BCUT2D eigenvalue weighted by atomic mass is 9.97. The number of amides is 1. The molecule has 3 rings (SSSR count). The SMILES string of the molecule is CCc1ccc(N(CC(=O)N[C@@H](CC(C)C)c2ccc(OC)cc2)S(=O)(=O)c2ccccc2)cc1. The highest BCUT2D eigenvalue weighted by molar-refractivity contribution is 7.92. The monoisotopic (exact) mass is 494 g/mol. The number of anilines is 1. The van der Waals surface area contributed by atoms with Gasteiger partial charge in [0.05, 0.1) is 23.7 Å². The molecule has 1 amide bonds. The summed E-state index contributed by atoms with van der Waals surface area (Å²) in [6, 6.07) is 22.8. The number of rotatable bonds is 11. The molecule has 6 nitrogen and oxygen atoms in total. The summed E-state index contributed by atoms with van der Waals surface area (Å²) in [5.41, 5.74) is 2.48. The lowest BCUT2D eigenvalue weighted by Crippen LogP contribution is -2.42. The Morgan fingerprint density at radius 1 is 0.943 bits per heavy atom. The molecule has 3 aromatic carbocycles. The summed E-state index contributed by atoms with van der Waals surface area (Å²) in [6.07, 6.45) is 1.56. The molecule has 0 aromatic heterocycles. The highest BCUT2D eigenvalue weighted by Gasteiger charge is 2.28. The molecule has 0 heterocycles. The summed E-state index contributed by atoms with van der Waals surface area (Å²) in [4.78, 5) is 13.4. The van der Waals surface area contributed by atoms with Crippen molar-refractivity contribution in [2.75, 3.05) is 18.0 Å². The zero-order valence-electron chi connectivity index (χ0n) is 20.8. The standard InChI is InChI=1S/C28H34N2O4S/c1-5-22-11-15-24(16-12-22)30(35(32,33)26-9-7-6-8-10-26)20-28(31)29-27(19-21(2)3)23-13-17-25(34-4)18-14-23/h6-18,21,27H,5,19-20H2,1-4H3,(H,29,31)/t27-/m0/s1. The van der Waals surface area contributed by atoms with E-state index in [0.29, 0.717) is 18.0 Å². The van der Waals surface area contributed by atoms with Crippen molar-refractivity contribution in [3.63, 3.8) is 0 Å². The number of carbonyl (C=O) groups excluding carboxylic acids is 1. The van der Waals surface area contributed by atoms with E-state index in [1.165, 1.54) is 4.31 Å². The third-order valence-corrected chi connectivity index (χ3v) is 7.60. The van der Waals surface area contributed by atoms with Crippen molar-refractivity contribution in [1.29, 1.82) is 0 Å². The van der Waals surface area contributed by atoms with Crippen LogP contribution in [0.4, 0.5) is 5.69 Å². The van der Waals surface area contributed by atoms with Crippen molar-refractivity contribution in [3.05, 3.63) is 90.0 Å². The Morgan fingerprint density at radius 2 is 1.57 bits per heavy atom. The van der Waals surface area contributed by atoms with Gasteiger partial charge in [-0.25, -0.2) is 8.42 Å². The number of methoxy groups -OCH3 is 1. The van der Waals surface area contributed by atoms with Gasteiger partial charge in [0, 0.05) is 0 Å².